The molecule has 2 rings (SSSR count). The van der Waals surface area contributed by atoms with Crippen molar-refractivity contribution in [3.63, 3.8) is 0 Å². The molecule has 1 atom stereocenters. The van der Waals surface area contributed by atoms with Crippen LogP contribution in [0.5, 0.6) is 0 Å². The molecule has 1 saturated heterocycles. The van der Waals surface area contributed by atoms with Crippen molar-refractivity contribution >= 4 is 0 Å². The van der Waals surface area contributed by atoms with Crippen molar-refractivity contribution in [2.45, 2.75) is 45.1 Å². The first-order chi connectivity index (χ1) is 7.27. The van der Waals surface area contributed by atoms with Gasteiger partial charge in [0.1, 0.15) is 5.82 Å². The molecular formula is C12H19N3. The van der Waals surface area contributed by atoms with Gasteiger partial charge < -0.3 is 5.32 Å². The number of piperidine rings is 1. The van der Waals surface area contributed by atoms with E-state index in [2.05, 4.69) is 29.1 Å². The molecule has 1 unspecified atom stereocenters. The molecule has 15 heavy (non-hydrogen) atoms. The summed E-state index contributed by atoms with van der Waals surface area (Å²) in [5.74, 6) is 1.47. The second-order valence-corrected chi connectivity index (χ2v) is 4.53. The molecule has 82 valence electrons. The van der Waals surface area contributed by atoms with Crippen molar-refractivity contribution in [1.29, 1.82) is 0 Å². The summed E-state index contributed by atoms with van der Waals surface area (Å²) in [7, 11) is 0. The van der Waals surface area contributed by atoms with Gasteiger partial charge >= 0.3 is 0 Å². The van der Waals surface area contributed by atoms with E-state index < -0.39 is 0 Å². The minimum Gasteiger partial charge on any atom is -0.307 e. The third-order valence-corrected chi connectivity index (χ3v) is 2.98. The van der Waals surface area contributed by atoms with Crippen LogP contribution in [0.15, 0.2) is 12.4 Å². The average Bonchev–Trinajstić information content (AvgIpc) is 2.30. The molecule has 1 aromatic rings. The number of nitrogens with one attached hydrogen (secondary N) is 1. The highest BCUT2D eigenvalue weighted by atomic mass is 15.0. The highest BCUT2D eigenvalue weighted by molar-refractivity contribution is 5.11. The highest BCUT2D eigenvalue weighted by Crippen LogP contribution is 2.20. The predicted octanol–water partition coefficient (Wildman–Crippen LogP) is 2.41. The fourth-order valence-corrected chi connectivity index (χ4v) is 1.90. The topological polar surface area (TPSA) is 37.8 Å². The Bertz CT molecular complexity index is 299. The monoisotopic (exact) mass is 205 g/mol. The van der Waals surface area contributed by atoms with Gasteiger partial charge in [-0.1, -0.05) is 20.3 Å². The second-order valence-electron chi connectivity index (χ2n) is 4.53. The smallest absolute Gasteiger partial charge is 0.145 e. The van der Waals surface area contributed by atoms with E-state index in [1.165, 1.54) is 24.8 Å². The van der Waals surface area contributed by atoms with Crippen LogP contribution in [0.1, 0.15) is 56.5 Å². The molecule has 1 aromatic heterocycles. The average molecular weight is 205 g/mol. The zero-order valence-corrected chi connectivity index (χ0v) is 9.53. The molecule has 1 aliphatic heterocycles. The summed E-state index contributed by atoms with van der Waals surface area (Å²) in [6.45, 7) is 5.43. The summed E-state index contributed by atoms with van der Waals surface area (Å²) < 4.78 is 0. The maximum absolute atomic E-state index is 4.45. The van der Waals surface area contributed by atoms with Crippen molar-refractivity contribution in [3.8, 4) is 0 Å². The molecule has 1 aliphatic rings. The predicted molar refractivity (Wildman–Crippen MR) is 60.7 cm³/mol. The normalized spacial score (nSPS) is 21.9. The van der Waals surface area contributed by atoms with E-state index in [1.807, 2.05) is 12.4 Å². The van der Waals surface area contributed by atoms with E-state index in [-0.39, 0.29) is 0 Å². The van der Waals surface area contributed by atoms with Gasteiger partial charge in [-0.3, -0.25) is 0 Å². The van der Waals surface area contributed by atoms with Gasteiger partial charge in [-0.05, 0) is 30.9 Å². The Hall–Kier alpha value is -0.960. The van der Waals surface area contributed by atoms with Crippen molar-refractivity contribution in [3.05, 3.63) is 23.8 Å². The fraction of sp³-hybridized carbons (Fsp3) is 0.667. The molecular weight excluding hydrogens is 186 g/mol. The summed E-state index contributed by atoms with van der Waals surface area (Å²) in [4.78, 5) is 8.90. The second kappa shape index (κ2) is 4.71. The van der Waals surface area contributed by atoms with Crippen LogP contribution < -0.4 is 5.32 Å². The lowest BCUT2D eigenvalue weighted by molar-refractivity contribution is 0.397. The molecule has 1 N–H and O–H groups in total. The Morgan fingerprint density at radius 3 is 2.53 bits per heavy atom. The number of rotatable bonds is 2. The first-order valence-corrected chi connectivity index (χ1v) is 5.82. The Balaban J connectivity index is 2.08. The van der Waals surface area contributed by atoms with Gasteiger partial charge in [0.2, 0.25) is 0 Å². The first kappa shape index (κ1) is 10.6. The minimum absolute atomic E-state index is 0.375. The summed E-state index contributed by atoms with van der Waals surface area (Å²) in [5, 5.41) is 3.46. The third kappa shape index (κ3) is 2.53. The van der Waals surface area contributed by atoms with Crippen molar-refractivity contribution in [1.82, 2.24) is 15.3 Å². The van der Waals surface area contributed by atoms with Gasteiger partial charge in [-0.25, -0.2) is 9.97 Å². The lowest BCUT2D eigenvalue weighted by atomic mass is 10.0. The van der Waals surface area contributed by atoms with Crippen molar-refractivity contribution < 1.29 is 0 Å². The van der Waals surface area contributed by atoms with Crippen LogP contribution >= 0.6 is 0 Å². The van der Waals surface area contributed by atoms with E-state index in [9.17, 15) is 0 Å². The maximum Gasteiger partial charge on any atom is 0.145 e. The SMILES string of the molecule is CC(C)c1cnc(C2CCCCN2)nc1. The molecule has 3 heteroatoms. The molecule has 3 nitrogen and oxygen atoms in total. The van der Waals surface area contributed by atoms with Gasteiger partial charge in [-0.15, -0.1) is 0 Å². The number of aromatic nitrogens is 2. The number of hydrogen-bond donors (Lipinski definition) is 1. The summed E-state index contributed by atoms with van der Waals surface area (Å²) >= 11 is 0. The molecule has 0 aliphatic carbocycles. The van der Waals surface area contributed by atoms with Crippen LogP contribution in [0, 0.1) is 0 Å². The molecule has 0 spiro atoms. The molecule has 0 saturated carbocycles. The lowest BCUT2D eigenvalue weighted by Gasteiger charge is -2.22. The van der Waals surface area contributed by atoms with Gasteiger partial charge in [-0.2, -0.15) is 0 Å². The molecule has 2 heterocycles. The Morgan fingerprint density at radius 2 is 2.00 bits per heavy atom. The Kier molecular flexibility index (Phi) is 3.31. The standard InChI is InChI=1S/C12H19N3/c1-9(2)10-7-14-12(15-8-10)11-5-3-4-6-13-11/h7-9,11,13H,3-6H2,1-2H3. The molecule has 0 aromatic carbocycles. The van der Waals surface area contributed by atoms with E-state index in [0.29, 0.717) is 12.0 Å². The summed E-state index contributed by atoms with van der Waals surface area (Å²) in [6.07, 6.45) is 7.65. The quantitative estimate of drug-likeness (QED) is 0.805. The van der Waals surface area contributed by atoms with E-state index in [1.54, 1.807) is 0 Å². The van der Waals surface area contributed by atoms with Crippen molar-refractivity contribution in [2.24, 2.45) is 0 Å². The van der Waals surface area contributed by atoms with Gasteiger partial charge in [0.25, 0.3) is 0 Å². The van der Waals surface area contributed by atoms with Crippen LogP contribution in [-0.2, 0) is 0 Å². The largest absolute Gasteiger partial charge is 0.307 e. The van der Waals surface area contributed by atoms with Gasteiger partial charge in [0.15, 0.2) is 0 Å². The Labute approximate surface area is 91.3 Å². The summed E-state index contributed by atoms with van der Waals surface area (Å²) in [6, 6.07) is 0.375. The van der Waals surface area contributed by atoms with Crippen LogP contribution in [0.2, 0.25) is 0 Å². The number of hydrogen-bond acceptors (Lipinski definition) is 3. The maximum atomic E-state index is 4.45. The lowest BCUT2D eigenvalue weighted by Crippen LogP contribution is -2.28. The molecule has 0 bridgehead atoms. The van der Waals surface area contributed by atoms with Crippen LogP contribution in [0.3, 0.4) is 0 Å². The van der Waals surface area contributed by atoms with Crippen LogP contribution in [-0.4, -0.2) is 16.5 Å². The molecule has 0 amide bonds. The van der Waals surface area contributed by atoms with Crippen LogP contribution in [0.25, 0.3) is 0 Å². The fourth-order valence-electron chi connectivity index (χ4n) is 1.90. The third-order valence-electron chi connectivity index (χ3n) is 2.98. The van der Waals surface area contributed by atoms with Gasteiger partial charge in [0, 0.05) is 12.4 Å². The zero-order valence-electron chi connectivity index (χ0n) is 9.53. The van der Waals surface area contributed by atoms with E-state index in [4.69, 9.17) is 0 Å². The van der Waals surface area contributed by atoms with Crippen LogP contribution in [0.4, 0.5) is 0 Å². The minimum atomic E-state index is 0.375. The van der Waals surface area contributed by atoms with E-state index in [0.717, 1.165) is 12.4 Å². The molecule has 1 fully saturated rings. The highest BCUT2D eigenvalue weighted by Gasteiger charge is 2.16. The van der Waals surface area contributed by atoms with Crippen molar-refractivity contribution in [2.75, 3.05) is 6.54 Å². The van der Waals surface area contributed by atoms with Gasteiger partial charge in [0.05, 0.1) is 6.04 Å². The Morgan fingerprint density at radius 1 is 1.27 bits per heavy atom. The summed E-state index contributed by atoms with van der Waals surface area (Å²) in [5.41, 5.74) is 1.22. The molecule has 0 radical (unpaired) electrons. The zero-order chi connectivity index (χ0) is 10.7. The first-order valence-electron chi connectivity index (χ1n) is 5.82. The van der Waals surface area contributed by atoms with E-state index >= 15 is 0 Å². The number of nitrogens with zero attached hydrogens (tertiary/aromatic N) is 2.